The highest BCUT2D eigenvalue weighted by atomic mass is 32.2. The molecule has 0 bridgehead atoms. The van der Waals surface area contributed by atoms with Gasteiger partial charge >= 0.3 is 6.61 Å². The number of benzene rings is 1. The van der Waals surface area contributed by atoms with Gasteiger partial charge in [-0.25, -0.2) is 12.7 Å². The minimum atomic E-state index is -3.63. The topological polar surface area (TPSA) is 84.9 Å². The van der Waals surface area contributed by atoms with Crippen LogP contribution in [0.2, 0.25) is 0 Å². The Labute approximate surface area is 138 Å². The third-order valence-electron chi connectivity index (χ3n) is 3.70. The average molecular weight is 364 g/mol. The first-order valence-corrected chi connectivity index (χ1v) is 8.60. The lowest BCUT2D eigenvalue weighted by Crippen LogP contribution is -2.39. The van der Waals surface area contributed by atoms with Crippen LogP contribution in [0.3, 0.4) is 0 Å². The number of hydrogen-bond acceptors (Lipinski definition) is 5. The van der Waals surface area contributed by atoms with Crippen LogP contribution in [0.5, 0.6) is 11.5 Å². The van der Waals surface area contributed by atoms with Gasteiger partial charge in [-0.15, -0.1) is 0 Å². The van der Waals surface area contributed by atoms with Gasteiger partial charge in [0.1, 0.15) is 0 Å². The Bertz CT molecular complexity index is 711. The Morgan fingerprint density at radius 2 is 2.12 bits per heavy atom. The van der Waals surface area contributed by atoms with Gasteiger partial charge in [-0.05, 0) is 24.1 Å². The maximum absolute atomic E-state index is 12.4. The highest BCUT2D eigenvalue weighted by molar-refractivity contribution is 7.90. The van der Waals surface area contributed by atoms with E-state index in [1.165, 1.54) is 26.3 Å². The van der Waals surface area contributed by atoms with E-state index in [4.69, 9.17) is 4.74 Å². The van der Waals surface area contributed by atoms with Crippen molar-refractivity contribution in [2.45, 2.75) is 24.8 Å². The van der Waals surface area contributed by atoms with Crippen LogP contribution in [-0.4, -0.2) is 51.2 Å². The third kappa shape index (κ3) is 3.93. The summed E-state index contributed by atoms with van der Waals surface area (Å²) in [6.45, 7) is -2.74. The van der Waals surface area contributed by atoms with Crippen molar-refractivity contribution in [3.63, 3.8) is 0 Å². The number of nitrogens with zero attached hydrogens (tertiary/aromatic N) is 1. The molecule has 1 aliphatic heterocycles. The number of sulfonamides is 1. The predicted octanol–water partition coefficient (Wildman–Crippen LogP) is 0.947. The lowest BCUT2D eigenvalue weighted by Gasteiger charge is -2.14. The van der Waals surface area contributed by atoms with Gasteiger partial charge in [-0.1, -0.05) is 6.07 Å². The van der Waals surface area contributed by atoms with Gasteiger partial charge in [-0.3, -0.25) is 4.79 Å². The summed E-state index contributed by atoms with van der Waals surface area (Å²) in [5.41, 5.74) is 0.476. The maximum atomic E-state index is 12.4. The van der Waals surface area contributed by atoms with Crippen LogP contribution in [0.15, 0.2) is 18.2 Å². The lowest BCUT2D eigenvalue weighted by molar-refractivity contribution is -0.120. The largest absolute Gasteiger partial charge is 0.493 e. The van der Waals surface area contributed by atoms with Crippen molar-refractivity contribution in [1.82, 2.24) is 9.62 Å². The van der Waals surface area contributed by atoms with E-state index < -0.39 is 27.8 Å². The van der Waals surface area contributed by atoms with Gasteiger partial charge in [0.25, 0.3) is 0 Å². The van der Waals surface area contributed by atoms with E-state index in [0.29, 0.717) is 5.56 Å². The molecule has 1 aromatic rings. The van der Waals surface area contributed by atoms with E-state index >= 15 is 0 Å². The first-order chi connectivity index (χ1) is 11.3. The van der Waals surface area contributed by atoms with E-state index in [1.807, 2.05) is 0 Å². The summed E-state index contributed by atoms with van der Waals surface area (Å²) in [6.07, 6.45) is 0.215. The molecule has 10 heteroatoms. The molecule has 7 nitrogen and oxygen atoms in total. The minimum absolute atomic E-state index is 0.0157. The Morgan fingerprint density at radius 1 is 1.42 bits per heavy atom. The molecule has 24 heavy (non-hydrogen) atoms. The molecule has 2 rings (SSSR count). The van der Waals surface area contributed by atoms with Crippen molar-refractivity contribution in [2.24, 2.45) is 0 Å². The Kier molecular flexibility index (Phi) is 5.60. The number of alkyl halides is 2. The summed E-state index contributed by atoms with van der Waals surface area (Å²) in [5.74, 6) is -0.649. The molecule has 0 spiro atoms. The second kappa shape index (κ2) is 7.31. The standard InChI is InChI=1S/C14H18F2N2O5S/c1-18-6-5-12(24(18,20)21)13(19)17-8-9-3-4-10(22-2)11(7-9)23-14(15)16/h3-4,7,12,14H,5-6,8H2,1-2H3,(H,17,19). The maximum Gasteiger partial charge on any atom is 0.387 e. The number of nitrogens with one attached hydrogen (secondary N) is 1. The van der Waals surface area contributed by atoms with Crippen LogP contribution in [0, 0.1) is 0 Å². The van der Waals surface area contributed by atoms with E-state index in [2.05, 4.69) is 10.1 Å². The van der Waals surface area contributed by atoms with E-state index in [-0.39, 0.29) is 31.0 Å². The van der Waals surface area contributed by atoms with Crippen LogP contribution in [-0.2, 0) is 21.4 Å². The molecule has 0 radical (unpaired) electrons. The summed E-state index contributed by atoms with van der Waals surface area (Å²) in [4.78, 5) is 12.1. The van der Waals surface area contributed by atoms with Crippen molar-refractivity contribution in [2.75, 3.05) is 20.7 Å². The zero-order chi connectivity index (χ0) is 17.9. The van der Waals surface area contributed by atoms with Gasteiger partial charge in [0, 0.05) is 20.1 Å². The number of hydrogen-bond donors (Lipinski definition) is 1. The number of methoxy groups -OCH3 is 1. The Balaban J connectivity index is 2.05. The third-order valence-corrected chi connectivity index (χ3v) is 5.92. The molecule has 1 aliphatic rings. The average Bonchev–Trinajstić information content (AvgIpc) is 2.78. The van der Waals surface area contributed by atoms with Crippen molar-refractivity contribution < 1.29 is 31.5 Å². The zero-order valence-corrected chi connectivity index (χ0v) is 14.0. The zero-order valence-electron chi connectivity index (χ0n) is 13.2. The van der Waals surface area contributed by atoms with Crippen LogP contribution in [0.1, 0.15) is 12.0 Å². The molecular weight excluding hydrogens is 346 g/mol. The highest BCUT2D eigenvalue weighted by Gasteiger charge is 2.41. The summed E-state index contributed by atoms with van der Waals surface area (Å²) in [6, 6.07) is 4.30. The first kappa shape index (κ1) is 18.4. The second-order valence-electron chi connectivity index (χ2n) is 5.23. The van der Waals surface area contributed by atoms with Gasteiger partial charge in [0.2, 0.25) is 15.9 Å². The fourth-order valence-electron chi connectivity index (χ4n) is 2.38. The summed E-state index contributed by atoms with van der Waals surface area (Å²) in [5, 5.41) is 1.38. The summed E-state index contributed by atoms with van der Waals surface area (Å²) in [7, 11) is -0.894. The molecule has 1 unspecified atom stereocenters. The molecule has 1 atom stereocenters. The number of ether oxygens (including phenoxy) is 2. The quantitative estimate of drug-likeness (QED) is 0.812. The van der Waals surface area contributed by atoms with Gasteiger partial charge < -0.3 is 14.8 Å². The Hall–Kier alpha value is -1.94. The van der Waals surface area contributed by atoms with E-state index in [9.17, 15) is 22.0 Å². The second-order valence-corrected chi connectivity index (χ2v) is 7.45. The number of carbonyl (C=O) groups excluding carboxylic acids is 1. The number of amides is 1. The van der Waals surface area contributed by atoms with Crippen LogP contribution in [0.4, 0.5) is 8.78 Å². The van der Waals surface area contributed by atoms with Gasteiger partial charge in [0.05, 0.1) is 7.11 Å². The number of carbonyl (C=O) groups is 1. The summed E-state index contributed by atoms with van der Waals surface area (Å²) < 4.78 is 59.1. The van der Waals surface area contributed by atoms with Crippen LogP contribution < -0.4 is 14.8 Å². The van der Waals surface area contributed by atoms with Crippen molar-refractivity contribution >= 4 is 15.9 Å². The smallest absolute Gasteiger partial charge is 0.387 e. The lowest BCUT2D eigenvalue weighted by atomic mass is 10.2. The molecule has 1 N–H and O–H groups in total. The predicted molar refractivity (Wildman–Crippen MR) is 81.4 cm³/mol. The minimum Gasteiger partial charge on any atom is -0.493 e. The fourth-order valence-corrected chi connectivity index (χ4v) is 3.93. The molecule has 1 aromatic carbocycles. The molecule has 0 saturated carbocycles. The highest BCUT2D eigenvalue weighted by Crippen LogP contribution is 2.29. The molecule has 0 aliphatic carbocycles. The van der Waals surface area contributed by atoms with Crippen molar-refractivity contribution in [3.05, 3.63) is 23.8 Å². The number of rotatable bonds is 6. The Morgan fingerprint density at radius 3 is 2.67 bits per heavy atom. The molecule has 1 saturated heterocycles. The van der Waals surface area contributed by atoms with Crippen LogP contribution in [0.25, 0.3) is 0 Å². The van der Waals surface area contributed by atoms with E-state index in [0.717, 1.165) is 4.31 Å². The van der Waals surface area contributed by atoms with Crippen molar-refractivity contribution in [1.29, 1.82) is 0 Å². The normalized spacial score (nSPS) is 20.1. The molecule has 1 heterocycles. The number of halogens is 2. The molecular formula is C14H18F2N2O5S. The SMILES string of the molecule is COc1ccc(CNC(=O)C2CCN(C)S2(=O)=O)cc1OC(F)F. The molecule has 134 valence electrons. The molecule has 0 aromatic heterocycles. The molecule has 1 amide bonds. The van der Waals surface area contributed by atoms with E-state index in [1.54, 1.807) is 6.07 Å². The van der Waals surface area contributed by atoms with Crippen LogP contribution >= 0.6 is 0 Å². The summed E-state index contributed by atoms with van der Waals surface area (Å²) >= 11 is 0. The fraction of sp³-hybridized carbons (Fsp3) is 0.500. The molecule has 1 fully saturated rings. The van der Waals surface area contributed by atoms with Gasteiger partial charge in [-0.2, -0.15) is 8.78 Å². The van der Waals surface area contributed by atoms with Gasteiger partial charge in [0.15, 0.2) is 16.7 Å². The van der Waals surface area contributed by atoms with Crippen molar-refractivity contribution in [3.8, 4) is 11.5 Å². The first-order valence-electron chi connectivity index (χ1n) is 7.10. The monoisotopic (exact) mass is 364 g/mol.